The zero-order valence-corrected chi connectivity index (χ0v) is 21.9. The SMILES string of the molecule is C[C@@H](COS(C)(=O)=O)C[C@@H](C(=O)OC(C)(C)C)N(C(=O)OC(C)(C)C)C(=O)OC(C)(C)C. The Hall–Kier alpha value is -1.88. The van der Waals surface area contributed by atoms with Crippen molar-refractivity contribution in [2.45, 2.75) is 98.5 Å². The zero-order chi connectivity index (χ0) is 25.7. The molecular weight excluding hydrogens is 442 g/mol. The lowest BCUT2D eigenvalue weighted by Gasteiger charge is -2.34. The van der Waals surface area contributed by atoms with Crippen LogP contribution in [0.5, 0.6) is 0 Å². The summed E-state index contributed by atoms with van der Waals surface area (Å²) in [5.41, 5.74) is -2.82. The average Bonchev–Trinajstić information content (AvgIpc) is 2.46. The summed E-state index contributed by atoms with van der Waals surface area (Å²) in [4.78, 5) is 39.6. The Kier molecular flexibility index (Phi) is 10.2. The number of nitrogens with zero attached hydrogens (tertiary/aromatic N) is 1. The minimum atomic E-state index is -3.72. The van der Waals surface area contributed by atoms with Crippen molar-refractivity contribution in [3.05, 3.63) is 0 Å². The summed E-state index contributed by atoms with van der Waals surface area (Å²) in [5, 5.41) is 0. The van der Waals surface area contributed by atoms with E-state index in [0.717, 1.165) is 6.26 Å². The third kappa shape index (κ3) is 13.5. The van der Waals surface area contributed by atoms with Crippen molar-refractivity contribution in [2.24, 2.45) is 5.92 Å². The van der Waals surface area contributed by atoms with Crippen LogP contribution < -0.4 is 0 Å². The molecule has 2 atom stereocenters. The summed E-state index contributed by atoms with van der Waals surface area (Å²) in [6.45, 7) is 16.0. The monoisotopic (exact) mass is 481 g/mol. The summed E-state index contributed by atoms with van der Waals surface area (Å²) in [5.74, 6) is -1.41. The molecule has 32 heavy (non-hydrogen) atoms. The predicted molar refractivity (Wildman–Crippen MR) is 119 cm³/mol. The first-order valence-corrected chi connectivity index (χ1v) is 12.1. The standard InChI is InChI=1S/C21H39NO9S/c1-14(13-28-32(11,26)27)12-15(16(23)29-19(2,3)4)22(17(24)30-20(5,6)7)18(25)31-21(8,9)10/h14-15H,12-13H2,1-11H3/t14-,15+/m1/s1. The van der Waals surface area contributed by atoms with Crippen LogP contribution in [0.15, 0.2) is 0 Å². The normalized spacial score (nSPS) is 14.8. The summed E-state index contributed by atoms with van der Waals surface area (Å²) in [6, 6.07) is -1.43. The van der Waals surface area contributed by atoms with Gasteiger partial charge in [0.25, 0.3) is 10.1 Å². The minimum Gasteiger partial charge on any atom is -0.458 e. The van der Waals surface area contributed by atoms with Crippen molar-refractivity contribution in [1.82, 2.24) is 4.90 Å². The third-order valence-electron chi connectivity index (χ3n) is 3.36. The lowest BCUT2D eigenvalue weighted by molar-refractivity contribution is -0.161. The first-order chi connectivity index (χ1) is 14.0. The second-order valence-electron chi connectivity index (χ2n) is 10.7. The quantitative estimate of drug-likeness (QED) is 0.302. The zero-order valence-electron chi connectivity index (χ0n) is 21.1. The van der Waals surface area contributed by atoms with Crippen LogP contribution in [0, 0.1) is 5.92 Å². The van der Waals surface area contributed by atoms with Crippen molar-refractivity contribution >= 4 is 28.3 Å². The molecule has 0 bridgehead atoms. The van der Waals surface area contributed by atoms with Gasteiger partial charge in [-0.2, -0.15) is 13.3 Å². The van der Waals surface area contributed by atoms with Crippen LogP contribution in [0.2, 0.25) is 0 Å². The molecule has 2 amide bonds. The molecule has 0 spiro atoms. The molecule has 0 N–H and O–H groups in total. The molecule has 0 aliphatic heterocycles. The minimum absolute atomic E-state index is 0.136. The number of imide groups is 1. The summed E-state index contributed by atoms with van der Waals surface area (Å²) < 4.78 is 43.6. The fourth-order valence-corrected chi connectivity index (χ4v) is 2.80. The fraction of sp³-hybridized carbons (Fsp3) is 0.857. The molecule has 0 aromatic carbocycles. The van der Waals surface area contributed by atoms with Crippen molar-refractivity contribution in [3.63, 3.8) is 0 Å². The van der Waals surface area contributed by atoms with E-state index < -0.39 is 57.0 Å². The second-order valence-corrected chi connectivity index (χ2v) is 12.4. The van der Waals surface area contributed by atoms with Crippen molar-refractivity contribution in [1.29, 1.82) is 0 Å². The van der Waals surface area contributed by atoms with Gasteiger partial charge in [-0.05, 0) is 74.7 Å². The fourth-order valence-electron chi connectivity index (χ4n) is 2.32. The maximum Gasteiger partial charge on any atom is 0.420 e. The smallest absolute Gasteiger partial charge is 0.420 e. The van der Waals surface area contributed by atoms with Gasteiger partial charge in [0.05, 0.1) is 12.9 Å². The van der Waals surface area contributed by atoms with Gasteiger partial charge in [-0.1, -0.05) is 6.92 Å². The van der Waals surface area contributed by atoms with Crippen molar-refractivity contribution in [2.75, 3.05) is 12.9 Å². The maximum absolute atomic E-state index is 13.0. The van der Waals surface area contributed by atoms with Crippen LogP contribution in [-0.4, -0.2) is 67.2 Å². The Bertz CT molecular complexity index is 743. The van der Waals surface area contributed by atoms with Crippen molar-refractivity contribution < 1.29 is 41.2 Å². The van der Waals surface area contributed by atoms with Gasteiger partial charge < -0.3 is 14.2 Å². The highest BCUT2D eigenvalue weighted by Gasteiger charge is 2.42. The highest BCUT2D eigenvalue weighted by Crippen LogP contribution is 2.23. The highest BCUT2D eigenvalue weighted by molar-refractivity contribution is 7.85. The van der Waals surface area contributed by atoms with Crippen LogP contribution in [0.25, 0.3) is 0 Å². The summed E-state index contributed by atoms with van der Waals surface area (Å²) >= 11 is 0. The third-order valence-corrected chi connectivity index (χ3v) is 3.93. The molecule has 11 heteroatoms. The summed E-state index contributed by atoms with van der Waals surface area (Å²) in [7, 11) is -3.72. The molecule has 0 rings (SSSR count). The van der Waals surface area contributed by atoms with Crippen LogP contribution in [0.4, 0.5) is 9.59 Å². The molecule has 0 heterocycles. The molecule has 10 nitrogen and oxygen atoms in total. The predicted octanol–water partition coefficient (Wildman–Crippen LogP) is 3.87. The van der Waals surface area contributed by atoms with Gasteiger partial charge in [-0.15, -0.1) is 0 Å². The first-order valence-electron chi connectivity index (χ1n) is 10.3. The number of carbonyl (C=O) groups excluding carboxylic acids is 3. The molecule has 0 saturated heterocycles. The number of carbonyl (C=O) groups is 3. The maximum atomic E-state index is 13.0. The number of esters is 1. The van der Waals surface area contributed by atoms with Gasteiger partial charge in [-0.25, -0.2) is 14.4 Å². The number of rotatable bonds is 7. The van der Waals surface area contributed by atoms with Crippen molar-refractivity contribution in [3.8, 4) is 0 Å². The van der Waals surface area contributed by atoms with E-state index >= 15 is 0 Å². The number of hydrogen-bond donors (Lipinski definition) is 0. The van der Waals surface area contributed by atoms with E-state index in [0.29, 0.717) is 4.90 Å². The molecule has 0 aliphatic carbocycles. The van der Waals surface area contributed by atoms with Gasteiger partial charge in [0, 0.05) is 0 Å². The van der Waals surface area contributed by atoms with Crippen LogP contribution in [-0.2, 0) is 33.3 Å². The molecule has 0 aromatic heterocycles. The lowest BCUT2D eigenvalue weighted by Crippen LogP contribution is -2.53. The number of amides is 2. The van der Waals surface area contributed by atoms with E-state index in [1.54, 1.807) is 69.2 Å². The van der Waals surface area contributed by atoms with E-state index in [1.165, 1.54) is 0 Å². The average molecular weight is 482 g/mol. The van der Waals surface area contributed by atoms with Gasteiger partial charge >= 0.3 is 18.2 Å². The Morgan fingerprint density at radius 1 is 0.781 bits per heavy atom. The Labute approximate surface area is 192 Å². The largest absolute Gasteiger partial charge is 0.458 e. The molecule has 0 aliphatic rings. The van der Waals surface area contributed by atoms with Crippen LogP contribution in [0.3, 0.4) is 0 Å². The topological polar surface area (TPSA) is 126 Å². The first kappa shape index (κ1) is 30.1. The van der Waals surface area contributed by atoms with E-state index in [-0.39, 0.29) is 13.0 Å². The molecule has 0 saturated carbocycles. The van der Waals surface area contributed by atoms with Gasteiger partial charge in [0.1, 0.15) is 22.8 Å². The second kappa shape index (κ2) is 10.8. The molecule has 0 radical (unpaired) electrons. The Balaban J connectivity index is 6.18. The van der Waals surface area contributed by atoms with E-state index in [1.807, 2.05) is 0 Å². The van der Waals surface area contributed by atoms with Gasteiger partial charge in [0.2, 0.25) is 0 Å². The van der Waals surface area contributed by atoms with E-state index in [2.05, 4.69) is 0 Å². The highest BCUT2D eigenvalue weighted by atomic mass is 32.2. The Morgan fingerprint density at radius 2 is 1.16 bits per heavy atom. The van der Waals surface area contributed by atoms with Crippen LogP contribution in [0.1, 0.15) is 75.7 Å². The molecule has 0 aromatic rings. The molecule has 0 fully saturated rings. The Morgan fingerprint density at radius 3 is 1.47 bits per heavy atom. The molecule has 188 valence electrons. The van der Waals surface area contributed by atoms with Crippen LogP contribution >= 0.6 is 0 Å². The van der Waals surface area contributed by atoms with Gasteiger partial charge in [0.15, 0.2) is 0 Å². The van der Waals surface area contributed by atoms with E-state index in [4.69, 9.17) is 18.4 Å². The van der Waals surface area contributed by atoms with E-state index in [9.17, 15) is 22.8 Å². The molecule has 0 unspecified atom stereocenters. The summed E-state index contributed by atoms with van der Waals surface area (Å²) in [6.07, 6.45) is -1.40. The number of hydrogen-bond acceptors (Lipinski definition) is 9. The molecular formula is C21H39NO9S. The number of ether oxygens (including phenoxy) is 3. The lowest BCUT2D eigenvalue weighted by atomic mass is 10.0. The van der Waals surface area contributed by atoms with Gasteiger partial charge in [-0.3, -0.25) is 4.18 Å².